The highest BCUT2D eigenvalue weighted by Gasteiger charge is 2.20. The fourth-order valence-corrected chi connectivity index (χ4v) is 3.94. The minimum Gasteiger partial charge on any atom is -0.492 e. The van der Waals surface area contributed by atoms with Crippen molar-refractivity contribution in [2.24, 2.45) is 0 Å². The summed E-state index contributed by atoms with van der Waals surface area (Å²) in [5.41, 5.74) is 3.25. The molecule has 0 saturated heterocycles. The highest BCUT2D eigenvalue weighted by atomic mass is 35.5. The molecule has 164 valence electrons. The molecule has 0 aliphatic heterocycles. The van der Waals surface area contributed by atoms with Crippen LogP contribution in [0.3, 0.4) is 0 Å². The van der Waals surface area contributed by atoms with Crippen LogP contribution in [0.2, 0.25) is 10.0 Å². The van der Waals surface area contributed by atoms with Crippen molar-refractivity contribution in [1.29, 1.82) is 0 Å². The Balaban J connectivity index is 1.54. The number of carbonyl (C=O) groups is 1. The van der Waals surface area contributed by atoms with E-state index >= 15 is 0 Å². The van der Waals surface area contributed by atoms with Gasteiger partial charge in [-0.3, -0.25) is 4.79 Å². The zero-order chi connectivity index (χ0) is 22.7. The Labute approximate surface area is 196 Å². The van der Waals surface area contributed by atoms with Crippen molar-refractivity contribution in [1.82, 2.24) is 14.9 Å². The molecule has 5 nitrogen and oxygen atoms in total. The highest BCUT2D eigenvalue weighted by molar-refractivity contribution is 6.33. The fraction of sp³-hybridized carbons (Fsp3) is 0.200. The molecule has 3 aromatic carbocycles. The lowest BCUT2D eigenvalue weighted by Crippen LogP contribution is -2.29. The van der Waals surface area contributed by atoms with E-state index in [2.05, 4.69) is 9.88 Å². The second kappa shape index (κ2) is 9.63. The first-order valence-electron chi connectivity index (χ1n) is 10.3. The lowest BCUT2D eigenvalue weighted by molar-refractivity contribution is 0.0937. The summed E-state index contributed by atoms with van der Waals surface area (Å²) >= 11 is 12.3. The molecule has 4 rings (SSSR count). The Morgan fingerprint density at radius 3 is 2.59 bits per heavy atom. The zero-order valence-corrected chi connectivity index (χ0v) is 19.3. The van der Waals surface area contributed by atoms with Gasteiger partial charge < -0.3 is 14.6 Å². The number of fused-ring (bicyclic) bond motifs is 1. The highest BCUT2D eigenvalue weighted by Crippen LogP contribution is 2.24. The van der Waals surface area contributed by atoms with E-state index in [0.29, 0.717) is 28.8 Å². The van der Waals surface area contributed by atoms with E-state index in [1.807, 2.05) is 56.3 Å². The predicted molar refractivity (Wildman–Crippen MR) is 129 cm³/mol. The van der Waals surface area contributed by atoms with Crippen molar-refractivity contribution in [2.75, 3.05) is 6.61 Å². The number of aromatic nitrogens is 2. The molecule has 1 heterocycles. The van der Waals surface area contributed by atoms with Gasteiger partial charge in [0.2, 0.25) is 0 Å². The van der Waals surface area contributed by atoms with E-state index in [1.54, 1.807) is 24.3 Å². The van der Waals surface area contributed by atoms with Crippen LogP contribution in [-0.4, -0.2) is 22.1 Å². The summed E-state index contributed by atoms with van der Waals surface area (Å²) in [5, 5.41) is 4.14. The second-order valence-electron chi connectivity index (χ2n) is 7.54. The summed E-state index contributed by atoms with van der Waals surface area (Å²) in [5.74, 6) is 1.27. The third kappa shape index (κ3) is 4.74. The van der Waals surface area contributed by atoms with Crippen molar-refractivity contribution in [2.45, 2.75) is 26.4 Å². The normalized spacial score (nSPS) is 12.0. The standard InChI is InChI=1S/C25H23Cl2N3O2/c1-16-15-18(11-12-20(16)26)32-14-13-30-23-10-6-5-9-22(23)29-24(30)17(2)28-25(31)19-7-3-4-8-21(19)27/h3-12,15,17H,13-14H2,1-2H3,(H,28,31). The predicted octanol–water partition coefficient (Wildman–Crippen LogP) is 6.22. The lowest BCUT2D eigenvalue weighted by atomic mass is 10.2. The zero-order valence-electron chi connectivity index (χ0n) is 17.8. The van der Waals surface area contributed by atoms with Gasteiger partial charge in [-0.1, -0.05) is 47.5 Å². The molecule has 1 N–H and O–H groups in total. The molecule has 1 aromatic heterocycles. The van der Waals surface area contributed by atoms with Gasteiger partial charge in [-0.15, -0.1) is 0 Å². The molecule has 0 fully saturated rings. The van der Waals surface area contributed by atoms with Crippen LogP contribution in [0.15, 0.2) is 66.7 Å². The Bertz CT molecular complexity index is 1270. The van der Waals surface area contributed by atoms with Crippen LogP contribution in [0.25, 0.3) is 11.0 Å². The van der Waals surface area contributed by atoms with Crippen molar-refractivity contribution >= 4 is 40.1 Å². The van der Waals surface area contributed by atoms with Gasteiger partial charge in [0, 0.05) is 5.02 Å². The molecule has 0 spiro atoms. The SMILES string of the molecule is Cc1cc(OCCn2c(C(C)NC(=O)c3ccccc3Cl)nc3ccccc32)ccc1Cl. The van der Waals surface area contributed by atoms with Crippen molar-refractivity contribution < 1.29 is 9.53 Å². The average molecular weight is 468 g/mol. The van der Waals surface area contributed by atoms with E-state index in [0.717, 1.165) is 28.2 Å². The van der Waals surface area contributed by atoms with Gasteiger partial charge in [0.05, 0.1) is 34.2 Å². The topological polar surface area (TPSA) is 56.1 Å². The van der Waals surface area contributed by atoms with E-state index in [1.165, 1.54) is 0 Å². The number of nitrogens with zero attached hydrogens (tertiary/aromatic N) is 2. The minimum absolute atomic E-state index is 0.241. The van der Waals surface area contributed by atoms with E-state index in [4.69, 9.17) is 32.9 Å². The van der Waals surface area contributed by atoms with Gasteiger partial charge in [0.25, 0.3) is 5.91 Å². The summed E-state index contributed by atoms with van der Waals surface area (Å²) in [7, 11) is 0. The Kier molecular flexibility index (Phi) is 6.68. The molecular weight excluding hydrogens is 445 g/mol. The van der Waals surface area contributed by atoms with Gasteiger partial charge in [-0.2, -0.15) is 0 Å². The second-order valence-corrected chi connectivity index (χ2v) is 8.36. The maximum Gasteiger partial charge on any atom is 0.253 e. The van der Waals surface area contributed by atoms with Crippen molar-refractivity contribution in [3.63, 3.8) is 0 Å². The van der Waals surface area contributed by atoms with Crippen LogP contribution in [0.4, 0.5) is 0 Å². The number of hydrogen-bond donors (Lipinski definition) is 1. The van der Waals surface area contributed by atoms with E-state index < -0.39 is 0 Å². The smallest absolute Gasteiger partial charge is 0.253 e. The third-order valence-electron chi connectivity index (χ3n) is 5.25. The van der Waals surface area contributed by atoms with Crippen LogP contribution < -0.4 is 10.1 Å². The lowest BCUT2D eigenvalue weighted by Gasteiger charge is -2.17. The van der Waals surface area contributed by atoms with Crippen LogP contribution in [0, 0.1) is 6.92 Å². The molecule has 1 amide bonds. The molecular formula is C25H23Cl2N3O2. The summed E-state index contributed by atoms with van der Waals surface area (Å²) in [6.07, 6.45) is 0. The molecule has 4 aromatic rings. The summed E-state index contributed by atoms with van der Waals surface area (Å²) < 4.78 is 8.03. The van der Waals surface area contributed by atoms with Crippen molar-refractivity contribution in [3.05, 3.63) is 93.7 Å². The molecule has 0 radical (unpaired) electrons. The number of amides is 1. The van der Waals surface area contributed by atoms with Crippen LogP contribution in [-0.2, 0) is 6.54 Å². The van der Waals surface area contributed by atoms with E-state index in [9.17, 15) is 4.79 Å². The number of halogens is 2. The van der Waals surface area contributed by atoms with Gasteiger partial charge in [0.1, 0.15) is 18.2 Å². The molecule has 0 aliphatic rings. The quantitative estimate of drug-likeness (QED) is 0.350. The number of nitrogens with one attached hydrogen (secondary N) is 1. The van der Waals surface area contributed by atoms with Crippen LogP contribution in [0.5, 0.6) is 5.75 Å². The first-order chi connectivity index (χ1) is 15.4. The molecule has 1 unspecified atom stereocenters. The van der Waals surface area contributed by atoms with Gasteiger partial charge >= 0.3 is 0 Å². The third-order valence-corrected chi connectivity index (χ3v) is 6.00. The molecule has 0 saturated carbocycles. The molecule has 7 heteroatoms. The Morgan fingerprint density at radius 2 is 1.81 bits per heavy atom. The van der Waals surface area contributed by atoms with Crippen LogP contribution >= 0.6 is 23.2 Å². The Hall–Kier alpha value is -3.02. The number of carbonyl (C=O) groups excluding carboxylic acids is 1. The van der Waals surface area contributed by atoms with E-state index in [-0.39, 0.29) is 11.9 Å². The number of benzene rings is 3. The van der Waals surface area contributed by atoms with Crippen molar-refractivity contribution in [3.8, 4) is 5.75 Å². The van der Waals surface area contributed by atoms with Crippen LogP contribution in [0.1, 0.15) is 34.7 Å². The maximum atomic E-state index is 12.8. The number of para-hydroxylation sites is 2. The summed E-state index contributed by atoms with van der Waals surface area (Å²) in [6, 6.07) is 20.2. The number of imidazole rings is 1. The number of hydrogen-bond acceptors (Lipinski definition) is 3. The van der Waals surface area contributed by atoms with Gasteiger partial charge in [-0.05, 0) is 61.9 Å². The van der Waals surface area contributed by atoms with Gasteiger partial charge in [0.15, 0.2) is 0 Å². The molecule has 0 bridgehead atoms. The maximum absolute atomic E-state index is 12.8. The minimum atomic E-state index is -0.330. The first-order valence-corrected chi connectivity index (χ1v) is 11.1. The molecule has 0 aliphatic carbocycles. The Morgan fingerprint density at radius 1 is 1.06 bits per heavy atom. The number of aryl methyl sites for hydroxylation is 1. The monoisotopic (exact) mass is 467 g/mol. The summed E-state index contributed by atoms with van der Waals surface area (Å²) in [4.78, 5) is 17.5. The number of ether oxygens (including phenoxy) is 1. The number of rotatable bonds is 7. The fourth-order valence-electron chi connectivity index (χ4n) is 3.61. The molecule has 1 atom stereocenters. The largest absolute Gasteiger partial charge is 0.492 e. The first kappa shape index (κ1) is 22.2. The summed E-state index contributed by atoms with van der Waals surface area (Å²) in [6.45, 7) is 4.87. The average Bonchev–Trinajstić information content (AvgIpc) is 3.15. The molecule has 32 heavy (non-hydrogen) atoms. The van der Waals surface area contributed by atoms with Gasteiger partial charge in [-0.25, -0.2) is 4.98 Å².